The van der Waals surface area contributed by atoms with Crippen LogP contribution in [0.15, 0.2) is 54.6 Å². The number of ether oxygens (including phenoxy) is 1. The topological polar surface area (TPSA) is 108 Å². The van der Waals surface area contributed by atoms with Crippen LogP contribution in [0.25, 0.3) is 10.8 Å². The number of phenols is 1. The van der Waals surface area contributed by atoms with Gasteiger partial charge in [0.15, 0.2) is 6.61 Å². The lowest BCUT2D eigenvalue weighted by Gasteiger charge is -2.25. The number of anilines is 2. The Balaban J connectivity index is 1.36. The number of carbonyl (C=O) groups is 3. The minimum absolute atomic E-state index is 0.0422. The number of hydrogen-bond donors (Lipinski definition) is 3. The molecule has 3 aromatic carbocycles. The third kappa shape index (κ3) is 3.49. The lowest BCUT2D eigenvalue weighted by Crippen LogP contribution is -2.43. The van der Waals surface area contributed by atoms with Crippen LogP contribution >= 0.6 is 0 Å². The first kappa shape index (κ1) is 19.9. The number of likely N-dealkylation sites (tertiary alicyclic amines) is 1. The molecule has 0 radical (unpaired) electrons. The van der Waals surface area contributed by atoms with Crippen molar-refractivity contribution in [2.45, 2.75) is 18.9 Å². The fraction of sp³-hybridized carbons (Fsp3) is 0.208. The molecule has 162 valence electrons. The predicted octanol–water partition coefficient (Wildman–Crippen LogP) is 3.12. The summed E-state index contributed by atoms with van der Waals surface area (Å²) in [5, 5.41) is 17.6. The normalized spacial score (nSPS) is 17.4. The third-order valence-corrected chi connectivity index (χ3v) is 5.83. The number of rotatable bonds is 3. The number of fused-ring (bicyclic) bond motifs is 2. The summed E-state index contributed by atoms with van der Waals surface area (Å²) in [7, 11) is 0. The van der Waals surface area contributed by atoms with E-state index in [4.69, 9.17) is 4.74 Å². The molecule has 3 amide bonds. The van der Waals surface area contributed by atoms with Gasteiger partial charge >= 0.3 is 0 Å². The molecule has 0 bridgehead atoms. The fourth-order valence-electron chi connectivity index (χ4n) is 4.25. The van der Waals surface area contributed by atoms with E-state index in [9.17, 15) is 19.5 Å². The van der Waals surface area contributed by atoms with Crippen molar-refractivity contribution in [3.05, 3.63) is 60.2 Å². The summed E-state index contributed by atoms with van der Waals surface area (Å²) in [6, 6.07) is 15.0. The highest BCUT2D eigenvalue weighted by Crippen LogP contribution is 2.33. The molecule has 2 aliphatic rings. The Morgan fingerprint density at radius 3 is 2.84 bits per heavy atom. The Morgan fingerprint density at radius 2 is 1.97 bits per heavy atom. The maximum absolute atomic E-state index is 13.2. The van der Waals surface area contributed by atoms with Crippen LogP contribution < -0.4 is 15.4 Å². The van der Waals surface area contributed by atoms with Crippen molar-refractivity contribution in [2.24, 2.45) is 0 Å². The number of aromatic hydroxyl groups is 1. The van der Waals surface area contributed by atoms with Gasteiger partial charge in [0.25, 0.3) is 11.8 Å². The van der Waals surface area contributed by atoms with E-state index in [2.05, 4.69) is 10.6 Å². The van der Waals surface area contributed by atoms with Crippen molar-refractivity contribution in [3.8, 4) is 11.5 Å². The van der Waals surface area contributed by atoms with Gasteiger partial charge in [-0.2, -0.15) is 0 Å². The van der Waals surface area contributed by atoms with E-state index in [1.807, 2.05) is 12.1 Å². The summed E-state index contributed by atoms with van der Waals surface area (Å²) >= 11 is 0. The Labute approximate surface area is 183 Å². The molecular weight excluding hydrogens is 410 g/mol. The van der Waals surface area contributed by atoms with Crippen LogP contribution in [-0.4, -0.2) is 46.9 Å². The van der Waals surface area contributed by atoms with Crippen molar-refractivity contribution < 1.29 is 24.2 Å². The van der Waals surface area contributed by atoms with Crippen LogP contribution in [0.4, 0.5) is 11.4 Å². The maximum atomic E-state index is 13.2. The Kier molecular flexibility index (Phi) is 4.89. The molecule has 0 saturated carbocycles. The SMILES string of the molecule is O=C1COc2ccc(NC(=O)C3CCCN3C(=O)c3ccc4ccccc4c3O)cc2N1. The second-order valence-corrected chi connectivity index (χ2v) is 7.88. The standard InChI is InChI=1S/C24H21N3O5/c28-21-13-32-20-10-8-15(12-18(20)26-21)25-23(30)19-6-3-11-27(19)24(31)17-9-7-14-4-1-2-5-16(14)22(17)29/h1-2,4-5,7-10,12,19,29H,3,6,11,13H2,(H,25,30)(H,26,28). The highest BCUT2D eigenvalue weighted by molar-refractivity contribution is 6.06. The first-order chi connectivity index (χ1) is 15.5. The van der Waals surface area contributed by atoms with E-state index < -0.39 is 6.04 Å². The summed E-state index contributed by atoms with van der Waals surface area (Å²) in [4.78, 5) is 39.3. The molecule has 5 rings (SSSR count). The van der Waals surface area contributed by atoms with Crippen molar-refractivity contribution in [1.29, 1.82) is 0 Å². The highest BCUT2D eigenvalue weighted by Gasteiger charge is 2.35. The lowest BCUT2D eigenvalue weighted by molar-refractivity contribution is -0.120. The maximum Gasteiger partial charge on any atom is 0.262 e. The molecule has 0 spiro atoms. The zero-order valence-corrected chi connectivity index (χ0v) is 17.1. The molecule has 2 heterocycles. The van der Waals surface area contributed by atoms with Gasteiger partial charge in [0.2, 0.25) is 5.91 Å². The molecule has 3 N–H and O–H groups in total. The van der Waals surface area contributed by atoms with Gasteiger partial charge in [0.1, 0.15) is 17.5 Å². The number of amides is 3. The molecule has 1 fully saturated rings. The molecule has 8 heteroatoms. The minimum Gasteiger partial charge on any atom is -0.506 e. The van der Waals surface area contributed by atoms with Crippen molar-refractivity contribution in [2.75, 3.05) is 23.8 Å². The second-order valence-electron chi connectivity index (χ2n) is 7.88. The van der Waals surface area contributed by atoms with Gasteiger partial charge in [-0.15, -0.1) is 0 Å². The van der Waals surface area contributed by atoms with Crippen LogP contribution in [0.1, 0.15) is 23.2 Å². The zero-order valence-electron chi connectivity index (χ0n) is 17.1. The molecule has 0 aliphatic carbocycles. The summed E-state index contributed by atoms with van der Waals surface area (Å²) in [5.41, 5.74) is 1.16. The van der Waals surface area contributed by atoms with Gasteiger partial charge in [-0.3, -0.25) is 14.4 Å². The summed E-state index contributed by atoms with van der Waals surface area (Å²) in [6.07, 6.45) is 1.21. The number of nitrogens with zero attached hydrogens (tertiary/aromatic N) is 1. The smallest absolute Gasteiger partial charge is 0.262 e. The number of carbonyl (C=O) groups excluding carboxylic acids is 3. The van der Waals surface area contributed by atoms with Crippen LogP contribution in [-0.2, 0) is 9.59 Å². The number of hydrogen-bond acceptors (Lipinski definition) is 5. The van der Waals surface area contributed by atoms with Crippen LogP contribution in [0.3, 0.4) is 0 Å². The Bertz CT molecular complexity index is 1260. The van der Waals surface area contributed by atoms with Gasteiger partial charge in [-0.25, -0.2) is 0 Å². The van der Waals surface area contributed by atoms with E-state index in [1.54, 1.807) is 42.5 Å². The average molecular weight is 431 g/mol. The van der Waals surface area contributed by atoms with Crippen LogP contribution in [0.5, 0.6) is 11.5 Å². The molecule has 32 heavy (non-hydrogen) atoms. The van der Waals surface area contributed by atoms with Crippen molar-refractivity contribution >= 4 is 39.9 Å². The molecule has 8 nitrogen and oxygen atoms in total. The van der Waals surface area contributed by atoms with Crippen molar-refractivity contribution in [1.82, 2.24) is 4.90 Å². The molecule has 3 aromatic rings. The summed E-state index contributed by atoms with van der Waals surface area (Å²) in [5.74, 6) is -0.503. The second kappa shape index (κ2) is 7.88. The lowest BCUT2D eigenvalue weighted by atomic mass is 10.0. The number of nitrogens with one attached hydrogen (secondary N) is 2. The Hall–Kier alpha value is -4.07. The molecule has 1 saturated heterocycles. The summed E-state index contributed by atoms with van der Waals surface area (Å²) < 4.78 is 5.33. The van der Waals surface area contributed by atoms with Gasteiger partial charge in [-0.05, 0) is 42.5 Å². The first-order valence-corrected chi connectivity index (χ1v) is 10.4. The van der Waals surface area contributed by atoms with Crippen molar-refractivity contribution in [3.63, 3.8) is 0 Å². The molecule has 0 aromatic heterocycles. The quantitative estimate of drug-likeness (QED) is 0.591. The predicted molar refractivity (Wildman–Crippen MR) is 119 cm³/mol. The zero-order chi connectivity index (χ0) is 22.2. The first-order valence-electron chi connectivity index (χ1n) is 10.4. The molecule has 1 atom stereocenters. The van der Waals surface area contributed by atoms with E-state index in [0.717, 1.165) is 5.39 Å². The average Bonchev–Trinajstić information content (AvgIpc) is 3.29. The van der Waals surface area contributed by atoms with E-state index in [0.29, 0.717) is 41.9 Å². The molecular formula is C24H21N3O5. The highest BCUT2D eigenvalue weighted by atomic mass is 16.5. The fourth-order valence-corrected chi connectivity index (χ4v) is 4.25. The molecule has 1 unspecified atom stereocenters. The van der Waals surface area contributed by atoms with E-state index in [-0.39, 0.29) is 35.6 Å². The third-order valence-electron chi connectivity index (χ3n) is 5.83. The number of benzene rings is 3. The van der Waals surface area contributed by atoms with Gasteiger partial charge in [0.05, 0.1) is 11.3 Å². The van der Waals surface area contributed by atoms with Crippen LogP contribution in [0.2, 0.25) is 0 Å². The van der Waals surface area contributed by atoms with Gasteiger partial charge in [0, 0.05) is 17.6 Å². The van der Waals surface area contributed by atoms with Gasteiger partial charge < -0.3 is 25.4 Å². The Morgan fingerprint density at radius 1 is 1.12 bits per heavy atom. The van der Waals surface area contributed by atoms with Gasteiger partial charge in [-0.1, -0.05) is 30.3 Å². The summed E-state index contributed by atoms with van der Waals surface area (Å²) in [6.45, 7) is 0.386. The monoisotopic (exact) mass is 431 g/mol. The molecule has 2 aliphatic heterocycles. The minimum atomic E-state index is -0.657. The van der Waals surface area contributed by atoms with E-state index in [1.165, 1.54) is 4.90 Å². The largest absolute Gasteiger partial charge is 0.506 e. The van der Waals surface area contributed by atoms with E-state index >= 15 is 0 Å². The number of phenolic OH excluding ortho intramolecular Hbond substituents is 1. The van der Waals surface area contributed by atoms with Crippen LogP contribution in [0, 0.1) is 0 Å².